The summed E-state index contributed by atoms with van der Waals surface area (Å²) in [6, 6.07) is 0. The molecule has 0 aromatic carbocycles. The number of carbonyl (C=O) groups is 3. The van der Waals surface area contributed by atoms with Crippen molar-refractivity contribution in [3.63, 3.8) is 0 Å². The molecule has 3 heterocycles. The van der Waals surface area contributed by atoms with Gasteiger partial charge in [0.2, 0.25) is 11.8 Å². The smallest absolute Gasteiger partial charge is 0.756 e. The molecule has 2 amide bonds. The standard InChI is InChI=1S/C25H42N7O17P3S.Li/c1-13(2)24(37)53-8-7-27-15(33)5-6-28-22(36)19(35)25(3,4)10-46-52(43,44)49-51(41,42)45-9-14-18(48-50(38,39)40)17(34)23(47-14)32-12-31-16-20(26)29-11-30-21(16)32;/h11-14,17-19,23,34-35H,5-10H2,1-4H3,(H,27,33)(H,28,36)(H,41,42)(H,43,44)(H2,26,29,30)(H2,38,39,40);/q;+1/p-3. The molecule has 29 heteroatoms. The number of rotatable bonds is 20. The number of nitrogens with one attached hydrogen (secondary N) is 2. The zero-order valence-electron chi connectivity index (χ0n) is 29.5. The van der Waals surface area contributed by atoms with Gasteiger partial charge in [-0.2, -0.15) is 0 Å². The van der Waals surface area contributed by atoms with Gasteiger partial charge < -0.3 is 64.5 Å². The van der Waals surface area contributed by atoms with E-state index in [-0.39, 0.29) is 66.4 Å². The van der Waals surface area contributed by atoms with Crippen LogP contribution < -0.4 is 49.9 Å². The molecule has 0 radical (unpaired) electrons. The summed E-state index contributed by atoms with van der Waals surface area (Å²) in [7, 11) is -17.3. The third-order valence-electron chi connectivity index (χ3n) is 7.20. The summed E-state index contributed by atoms with van der Waals surface area (Å²) in [4.78, 5) is 93.4. The van der Waals surface area contributed by atoms with Gasteiger partial charge in [-0.15, -0.1) is 0 Å². The Kier molecular flexibility index (Phi) is 17.9. The van der Waals surface area contributed by atoms with Crippen LogP contribution in [0.1, 0.15) is 40.3 Å². The third kappa shape index (κ3) is 14.3. The Morgan fingerprint density at radius 1 is 1.09 bits per heavy atom. The number of phosphoric acid groups is 3. The minimum absolute atomic E-state index is 0. The number of phosphoric ester groups is 3. The Bertz CT molecular complexity index is 1770. The number of carbonyl (C=O) groups excluding carboxylic acids is 3. The largest absolute Gasteiger partial charge is 1.00 e. The fraction of sp³-hybridized carbons (Fsp3) is 0.680. The van der Waals surface area contributed by atoms with Gasteiger partial charge in [0.1, 0.15) is 36.3 Å². The fourth-order valence-electron chi connectivity index (χ4n) is 4.43. The van der Waals surface area contributed by atoms with Gasteiger partial charge in [0, 0.05) is 36.6 Å². The Labute approximate surface area is 324 Å². The molecule has 0 saturated carbocycles. The maximum absolute atomic E-state index is 12.5. The zero-order valence-corrected chi connectivity index (χ0v) is 33.0. The summed E-state index contributed by atoms with van der Waals surface area (Å²) in [5.41, 5.74) is 4.11. The van der Waals surface area contributed by atoms with E-state index in [1.54, 1.807) is 13.8 Å². The van der Waals surface area contributed by atoms with Crippen molar-refractivity contribution in [2.75, 3.05) is 37.8 Å². The average molecular weight is 842 g/mol. The van der Waals surface area contributed by atoms with Gasteiger partial charge in [0.05, 0.1) is 19.5 Å². The number of hydrogen-bond acceptors (Lipinski definition) is 21. The molecule has 1 aliphatic heterocycles. The van der Waals surface area contributed by atoms with Gasteiger partial charge in [-0.25, -0.2) is 19.3 Å². The van der Waals surface area contributed by atoms with Gasteiger partial charge in [-0.1, -0.05) is 39.5 Å². The van der Waals surface area contributed by atoms with Crippen molar-refractivity contribution in [1.82, 2.24) is 30.2 Å². The van der Waals surface area contributed by atoms with Crippen LogP contribution in [0.3, 0.4) is 0 Å². The molecule has 1 fully saturated rings. The predicted molar refractivity (Wildman–Crippen MR) is 175 cm³/mol. The number of aliphatic hydroxyl groups is 2. The van der Waals surface area contributed by atoms with Crippen LogP contribution in [0.2, 0.25) is 0 Å². The number of amides is 2. The Morgan fingerprint density at radius 2 is 1.74 bits per heavy atom. The summed E-state index contributed by atoms with van der Waals surface area (Å²) >= 11 is 1.07. The van der Waals surface area contributed by atoms with Crippen LogP contribution in [0.15, 0.2) is 12.7 Å². The number of ether oxygens (including phenoxy) is 1. The maximum Gasteiger partial charge on any atom is 1.00 e. The Hall–Kier alpha value is -1.84. The number of imidazole rings is 1. The molecule has 1 saturated heterocycles. The molecule has 0 spiro atoms. The number of anilines is 1. The average Bonchev–Trinajstić information content (AvgIpc) is 3.60. The molecular formula is C25H39LiN7O17P3S-2. The van der Waals surface area contributed by atoms with Gasteiger partial charge in [-0.3, -0.25) is 32.6 Å². The van der Waals surface area contributed by atoms with E-state index in [1.807, 2.05) is 0 Å². The zero-order chi connectivity index (χ0) is 39.9. The van der Waals surface area contributed by atoms with Crippen LogP contribution in [-0.4, -0.2) is 108 Å². The molecule has 0 bridgehead atoms. The molecule has 8 atom stereocenters. The summed E-state index contributed by atoms with van der Waals surface area (Å²) in [6.45, 7) is 3.66. The molecule has 3 rings (SSSR count). The number of hydrogen-bond donors (Lipinski definition) is 6. The van der Waals surface area contributed by atoms with Crippen molar-refractivity contribution in [3.05, 3.63) is 12.7 Å². The van der Waals surface area contributed by atoms with Crippen LogP contribution >= 0.6 is 35.2 Å². The number of nitrogens with zero attached hydrogens (tertiary/aromatic N) is 4. The SMILES string of the molecule is CC(C)C(=O)SCCNC(=O)CCNC(=O)C(O)C(C)(C)COP(=O)([O-])OP(=O)([O-])OCC1OC(n2cnc3c(N)ncnc32)C(O)C1OP(=O)([O-])O.[Li+]. The number of aliphatic hydroxyl groups excluding tert-OH is 2. The van der Waals surface area contributed by atoms with Gasteiger partial charge in [0.25, 0.3) is 23.5 Å². The molecule has 1 aliphatic rings. The predicted octanol–water partition coefficient (Wildman–Crippen LogP) is -5.57. The quantitative estimate of drug-likeness (QED) is 0.0411. The fourth-order valence-corrected chi connectivity index (χ4v) is 7.91. The molecule has 8 unspecified atom stereocenters. The molecule has 0 aliphatic carbocycles. The van der Waals surface area contributed by atoms with Crippen molar-refractivity contribution in [3.8, 4) is 0 Å². The van der Waals surface area contributed by atoms with Crippen molar-refractivity contribution in [1.29, 1.82) is 0 Å². The van der Waals surface area contributed by atoms with E-state index in [1.165, 1.54) is 13.8 Å². The topological polar surface area (TPSA) is 372 Å². The molecule has 2 aromatic rings. The number of thioether (sulfide) groups is 1. The van der Waals surface area contributed by atoms with E-state index >= 15 is 0 Å². The first-order valence-corrected chi connectivity index (χ1v) is 20.8. The second-order valence-electron chi connectivity index (χ2n) is 12.3. The van der Waals surface area contributed by atoms with Crippen molar-refractivity contribution in [2.45, 2.75) is 64.8 Å². The van der Waals surface area contributed by atoms with Gasteiger partial charge in [-0.05, 0) is 0 Å². The first-order valence-electron chi connectivity index (χ1n) is 15.4. The van der Waals surface area contributed by atoms with Crippen LogP contribution in [0.4, 0.5) is 5.82 Å². The molecule has 2 aromatic heterocycles. The normalized spacial score (nSPS) is 22.8. The molecule has 24 nitrogen and oxygen atoms in total. The molecular weight excluding hydrogens is 802 g/mol. The van der Waals surface area contributed by atoms with Crippen LogP contribution in [0.25, 0.3) is 11.2 Å². The molecule has 54 heavy (non-hydrogen) atoms. The summed E-state index contributed by atoms with van der Waals surface area (Å²) < 4.78 is 60.7. The minimum Gasteiger partial charge on any atom is -0.756 e. The third-order valence-corrected chi connectivity index (χ3v) is 11.4. The monoisotopic (exact) mass is 841 g/mol. The van der Waals surface area contributed by atoms with Crippen molar-refractivity contribution in [2.24, 2.45) is 11.3 Å². The first-order chi connectivity index (χ1) is 24.4. The van der Waals surface area contributed by atoms with Crippen LogP contribution in [-0.2, 0) is 50.7 Å². The van der Waals surface area contributed by atoms with E-state index in [0.29, 0.717) is 5.75 Å². The second-order valence-corrected chi connectivity index (χ2v) is 17.5. The number of fused-ring (bicyclic) bond motifs is 1. The van der Waals surface area contributed by atoms with Crippen molar-refractivity contribution < 1.29 is 99.3 Å². The van der Waals surface area contributed by atoms with E-state index in [9.17, 15) is 57.9 Å². The number of nitrogens with two attached hydrogens (primary N) is 1. The number of nitrogen functional groups attached to an aromatic ring is 1. The van der Waals surface area contributed by atoms with Gasteiger partial charge in [0.15, 0.2) is 22.8 Å². The van der Waals surface area contributed by atoms with Gasteiger partial charge >= 0.3 is 18.9 Å². The summed E-state index contributed by atoms with van der Waals surface area (Å²) in [6.07, 6.45) is -7.36. The van der Waals surface area contributed by atoms with E-state index < -0.39 is 84.6 Å². The Morgan fingerprint density at radius 3 is 2.37 bits per heavy atom. The number of aromatic nitrogens is 4. The van der Waals surface area contributed by atoms with E-state index in [2.05, 4.69) is 43.5 Å². The molecule has 7 N–H and O–H groups in total. The first kappa shape index (κ1) is 48.3. The summed E-state index contributed by atoms with van der Waals surface area (Å²) in [5, 5.41) is 26.1. The van der Waals surface area contributed by atoms with E-state index in [4.69, 9.17) is 10.5 Å². The second kappa shape index (κ2) is 20.0. The maximum atomic E-state index is 12.5. The van der Waals surface area contributed by atoms with E-state index in [0.717, 1.165) is 29.0 Å². The molecule has 300 valence electrons. The minimum atomic E-state index is -5.89. The van der Waals surface area contributed by atoms with Crippen molar-refractivity contribution >= 4 is 69.1 Å². The Balaban J connectivity index is 0.0000101. The van der Waals surface area contributed by atoms with Crippen LogP contribution in [0.5, 0.6) is 0 Å². The summed E-state index contributed by atoms with van der Waals surface area (Å²) in [5.74, 6) is -1.32. The van der Waals surface area contributed by atoms with Crippen LogP contribution in [0, 0.1) is 11.3 Å².